The molecule has 1 saturated carbocycles. The van der Waals surface area contributed by atoms with Crippen molar-refractivity contribution in [1.29, 1.82) is 0 Å². The molecule has 2 aliphatic rings. The van der Waals surface area contributed by atoms with Gasteiger partial charge in [0.15, 0.2) is 6.61 Å². The number of nitrogens with zero attached hydrogens (tertiary/aromatic N) is 1. The highest BCUT2D eigenvalue weighted by Crippen LogP contribution is 2.47. The summed E-state index contributed by atoms with van der Waals surface area (Å²) in [7, 11) is 3.50. The minimum Gasteiger partial charge on any atom is -0.497 e. The van der Waals surface area contributed by atoms with Crippen molar-refractivity contribution in [2.45, 2.75) is 38.1 Å². The van der Waals surface area contributed by atoms with Gasteiger partial charge in [0.1, 0.15) is 11.5 Å². The first-order valence-corrected chi connectivity index (χ1v) is 8.83. The van der Waals surface area contributed by atoms with E-state index in [1.807, 2.05) is 11.9 Å². The Bertz CT molecular complexity index is 631. The summed E-state index contributed by atoms with van der Waals surface area (Å²) in [5.41, 5.74) is 0.0262. The highest BCUT2D eigenvalue weighted by atomic mass is 16.5. The summed E-state index contributed by atoms with van der Waals surface area (Å²) in [6.45, 7) is 0.599. The number of rotatable bonds is 6. The summed E-state index contributed by atoms with van der Waals surface area (Å²) in [5.74, 6) is 1.47. The Hall–Kier alpha value is -2.24. The SMILES string of the molecule is COc1ccc(OCC(=O)NCC23CCCC2N(C)C(=O)CC3)cc1. The van der Waals surface area contributed by atoms with E-state index in [9.17, 15) is 9.59 Å². The number of carbonyl (C=O) groups excluding carboxylic acids is 2. The maximum Gasteiger partial charge on any atom is 0.257 e. The van der Waals surface area contributed by atoms with E-state index < -0.39 is 0 Å². The molecule has 1 heterocycles. The van der Waals surface area contributed by atoms with Gasteiger partial charge in [-0.1, -0.05) is 6.42 Å². The fraction of sp³-hybridized carbons (Fsp3) is 0.579. The smallest absolute Gasteiger partial charge is 0.257 e. The van der Waals surface area contributed by atoms with Gasteiger partial charge in [-0.3, -0.25) is 9.59 Å². The van der Waals surface area contributed by atoms with Gasteiger partial charge in [0.25, 0.3) is 5.91 Å². The van der Waals surface area contributed by atoms with Gasteiger partial charge in [-0.15, -0.1) is 0 Å². The van der Waals surface area contributed by atoms with Crippen molar-refractivity contribution in [1.82, 2.24) is 10.2 Å². The van der Waals surface area contributed by atoms with E-state index in [0.717, 1.165) is 31.4 Å². The summed E-state index contributed by atoms with van der Waals surface area (Å²) >= 11 is 0. The second-order valence-corrected chi connectivity index (χ2v) is 7.02. The largest absolute Gasteiger partial charge is 0.497 e. The number of ether oxygens (including phenoxy) is 2. The van der Waals surface area contributed by atoms with E-state index in [0.29, 0.717) is 18.7 Å². The van der Waals surface area contributed by atoms with Crippen LogP contribution in [0.2, 0.25) is 0 Å². The molecular formula is C19H26N2O4. The standard InChI is InChI=1S/C19H26N2O4/c1-21-16-4-3-10-19(16,11-9-18(21)23)13-20-17(22)12-25-15-7-5-14(24-2)6-8-15/h5-8,16H,3-4,9-13H2,1-2H3,(H,20,22). The molecule has 136 valence electrons. The van der Waals surface area contributed by atoms with Gasteiger partial charge in [0.05, 0.1) is 7.11 Å². The molecule has 0 aromatic heterocycles. The number of amides is 2. The lowest BCUT2D eigenvalue weighted by molar-refractivity contribution is -0.139. The van der Waals surface area contributed by atoms with Gasteiger partial charge in [-0.2, -0.15) is 0 Å². The predicted molar refractivity (Wildman–Crippen MR) is 93.6 cm³/mol. The fourth-order valence-electron chi connectivity index (χ4n) is 4.16. The van der Waals surface area contributed by atoms with E-state index >= 15 is 0 Å². The lowest BCUT2D eigenvalue weighted by atomic mass is 9.74. The average molecular weight is 346 g/mol. The molecule has 2 amide bonds. The molecule has 0 spiro atoms. The van der Waals surface area contributed by atoms with Crippen molar-refractivity contribution in [3.63, 3.8) is 0 Å². The minimum absolute atomic E-state index is 0.0121. The number of likely N-dealkylation sites (tertiary alicyclic amines) is 1. The number of benzene rings is 1. The van der Waals surface area contributed by atoms with Crippen LogP contribution in [0.25, 0.3) is 0 Å². The van der Waals surface area contributed by atoms with Crippen molar-refractivity contribution >= 4 is 11.8 Å². The van der Waals surface area contributed by atoms with Gasteiger partial charge >= 0.3 is 0 Å². The first-order valence-electron chi connectivity index (χ1n) is 8.83. The van der Waals surface area contributed by atoms with Crippen LogP contribution in [-0.4, -0.2) is 50.1 Å². The molecule has 0 radical (unpaired) electrons. The number of methoxy groups -OCH3 is 1. The molecule has 1 aliphatic carbocycles. The van der Waals surface area contributed by atoms with Gasteiger partial charge < -0.3 is 19.7 Å². The average Bonchev–Trinajstić information content (AvgIpc) is 3.07. The molecule has 2 unspecified atom stereocenters. The Kier molecular flexibility index (Phi) is 5.16. The van der Waals surface area contributed by atoms with E-state index in [4.69, 9.17) is 9.47 Å². The van der Waals surface area contributed by atoms with Crippen molar-refractivity contribution in [3.05, 3.63) is 24.3 Å². The lowest BCUT2D eigenvalue weighted by Crippen LogP contribution is -2.54. The van der Waals surface area contributed by atoms with Crippen LogP contribution >= 0.6 is 0 Å². The quantitative estimate of drug-likeness (QED) is 0.855. The highest BCUT2D eigenvalue weighted by Gasteiger charge is 2.49. The summed E-state index contributed by atoms with van der Waals surface area (Å²) in [6, 6.07) is 7.39. The number of hydrogen-bond donors (Lipinski definition) is 1. The molecular weight excluding hydrogens is 320 g/mol. The lowest BCUT2D eigenvalue weighted by Gasteiger charge is -2.44. The molecule has 2 fully saturated rings. The predicted octanol–water partition coefficient (Wildman–Crippen LogP) is 1.98. The van der Waals surface area contributed by atoms with Crippen LogP contribution in [0.4, 0.5) is 0 Å². The second kappa shape index (κ2) is 7.33. The van der Waals surface area contributed by atoms with Gasteiger partial charge in [-0.05, 0) is 43.5 Å². The maximum absolute atomic E-state index is 12.2. The third-order valence-corrected chi connectivity index (χ3v) is 5.62. The Morgan fingerprint density at radius 2 is 2.00 bits per heavy atom. The van der Waals surface area contributed by atoms with Crippen LogP contribution in [0.5, 0.6) is 11.5 Å². The fourth-order valence-corrected chi connectivity index (χ4v) is 4.16. The molecule has 1 aromatic carbocycles. The molecule has 2 atom stereocenters. The Labute approximate surface area is 148 Å². The zero-order chi connectivity index (χ0) is 17.9. The van der Waals surface area contributed by atoms with E-state index in [1.54, 1.807) is 31.4 Å². The Morgan fingerprint density at radius 3 is 2.72 bits per heavy atom. The number of carbonyl (C=O) groups is 2. The summed E-state index contributed by atoms with van der Waals surface area (Å²) < 4.78 is 10.6. The highest BCUT2D eigenvalue weighted by molar-refractivity contribution is 5.78. The molecule has 1 aromatic rings. The molecule has 6 heteroatoms. The van der Waals surface area contributed by atoms with E-state index in [1.165, 1.54) is 0 Å². The summed E-state index contributed by atoms with van der Waals surface area (Å²) in [4.78, 5) is 26.0. The number of fused-ring (bicyclic) bond motifs is 1. The van der Waals surface area contributed by atoms with Crippen LogP contribution in [0.3, 0.4) is 0 Å². The van der Waals surface area contributed by atoms with Crippen molar-refractivity contribution in [3.8, 4) is 11.5 Å². The summed E-state index contributed by atoms with van der Waals surface area (Å²) in [5, 5.41) is 3.02. The minimum atomic E-state index is -0.129. The van der Waals surface area contributed by atoms with Gasteiger partial charge in [0, 0.05) is 31.5 Å². The third-order valence-electron chi connectivity index (χ3n) is 5.62. The number of hydrogen-bond acceptors (Lipinski definition) is 4. The van der Waals surface area contributed by atoms with Gasteiger partial charge in [0.2, 0.25) is 5.91 Å². The Morgan fingerprint density at radius 1 is 1.28 bits per heavy atom. The molecule has 6 nitrogen and oxygen atoms in total. The topological polar surface area (TPSA) is 67.9 Å². The third kappa shape index (κ3) is 3.72. The number of nitrogens with one attached hydrogen (secondary N) is 1. The van der Waals surface area contributed by atoms with Crippen LogP contribution in [0.15, 0.2) is 24.3 Å². The van der Waals surface area contributed by atoms with Crippen LogP contribution in [0.1, 0.15) is 32.1 Å². The molecule has 1 saturated heterocycles. The van der Waals surface area contributed by atoms with Crippen LogP contribution in [0, 0.1) is 5.41 Å². The molecule has 3 rings (SSSR count). The molecule has 25 heavy (non-hydrogen) atoms. The van der Waals surface area contributed by atoms with Crippen LogP contribution in [-0.2, 0) is 9.59 Å². The van der Waals surface area contributed by atoms with Gasteiger partial charge in [-0.25, -0.2) is 0 Å². The first kappa shape index (κ1) is 17.6. The van der Waals surface area contributed by atoms with Crippen LogP contribution < -0.4 is 14.8 Å². The molecule has 1 N–H and O–H groups in total. The number of piperidine rings is 1. The monoisotopic (exact) mass is 346 g/mol. The summed E-state index contributed by atoms with van der Waals surface area (Å²) in [6.07, 6.45) is 4.64. The van der Waals surface area contributed by atoms with Crippen molar-refractivity contribution < 1.29 is 19.1 Å². The normalized spacial score (nSPS) is 25.4. The first-order chi connectivity index (χ1) is 12.0. The maximum atomic E-state index is 12.2. The Balaban J connectivity index is 1.50. The molecule has 1 aliphatic heterocycles. The second-order valence-electron chi connectivity index (χ2n) is 7.02. The zero-order valence-electron chi connectivity index (χ0n) is 14.9. The van der Waals surface area contributed by atoms with E-state index in [2.05, 4.69) is 5.32 Å². The molecule has 0 bridgehead atoms. The zero-order valence-corrected chi connectivity index (χ0v) is 14.9. The van der Waals surface area contributed by atoms with E-state index in [-0.39, 0.29) is 29.9 Å². The van der Waals surface area contributed by atoms with Crippen molar-refractivity contribution in [2.75, 3.05) is 27.3 Å². The van der Waals surface area contributed by atoms with Crippen molar-refractivity contribution in [2.24, 2.45) is 5.41 Å².